The van der Waals surface area contributed by atoms with Crippen LogP contribution in [0.15, 0.2) is 22.8 Å². The first kappa shape index (κ1) is 12.3. The number of hydrogen-bond donors (Lipinski definition) is 1. The van der Waals surface area contributed by atoms with Crippen LogP contribution >= 0.6 is 0 Å². The first-order chi connectivity index (χ1) is 7.06. The van der Waals surface area contributed by atoms with Crippen molar-refractivity contribution in [3.63, 3.8) is 0 Å². The van der Waals surface area contributed by atoms with E-state index in [0.29, 0.717) is 6.04 Å². The summed E-state index contributed by atoms with van der Waals surface area (Å²) in [6, 6.07) is 4.55. The Morgan fingerprint density at radius 2 is 2.20 bits per heavy atom. The molecule has 15 heavy (non-hydrogen) atoms. The first-order valence-electron chi connectivity index (χ1n) is 5.83. The minimum atomic E-state index is 0.115. The van der Waals surface area contributed by atoms with Gasteiger partial charge >= 0.3 is 0 Å². The molecule has 1 heterocycles. The zero-order valence-corrected chi connectivity index (χ0v) is 10.3. The lowest BCUT2D eigenvalue weighted by atomic mass is 9.83. The number of furan rings is 1. The van der Waals surface area contributed by atoms with Gasteiger partial charge in [-0.2, -0.15) is 0 Å². The van der Waals surface area contributed by atoms with Crippen LogP contribution in [0.4, 0.5) is 0 Å². The van der Waals surface area contributed by atoms with Gasteiger partial charge in [0.25, 0.3) is 0 Å². The quantitative estimate of drug-likeness (QED) is 0.777. The molecule has 0 aliphatic heterocycles. The molecule has 0 amide bonds. The molecule has 0 aromatic carbocycles. The van der Waals surface area contributed by atoms with E-state index in [1.807, 2.05) is 6.07 Å². The fourth-order valence-corrected chi connectivity index (χ4v) is 1.99. The summed E-state index contributed by atoms with van der Waals surface area (Å²) in [6.45, 7) is 9.99. The molecule has 2 nitrogen and oxygen atoms in total. The molecule has 2 heteroatoms. The molecule has 0 aliphatic carbocycles. The van der Waals surface area contributed by atoms with Gasteiger partial charge in [-0.15, -0.1) is 0 Å². The molecule has 0 aliphatic rings. The van der Waals surface area contributed by atoms with Gasteiger partial charge in [0.2, 0.25) is 0 Å². The molecule has 0 fully saturated rings. The van der Waals surface area contributed by atoms with E-state index < -0.39 is 0 Å². The molecule has 0 spiro atoms. The smallest absolute Gasteiger partial charge is 0.109 e. The predicted molar refractivity (Wildman–Crippen MR) is 64.1 cm³/mol. The van der Waals surface area contributed by atoms with Crippen LogP contribution in [0, 0.1) is 0 Å². The van der Waals surface area contributed by atoms with Crippen molar-refractivity contribution in [1.29, 1.82) is 0 Å². The van der Waals surface area contributed by atoms with Crippen molar-refractivity contribution in [3.05, 3.63) is 24.2 Å². The second kappa shape index (κ2) is 5.36. The Balaban J connectivity index is 2.49. The first-order valence-corrected chi connectivity index (χ1v) is 5.83. The molecule has 1 atom stereocenters. The fraction of sp³-hybridized carbons (Fsp3) is 0.692. The van der Waals surface area contributed by atoms with Crippen molar-refractivity contribution < 1.29 is 4.42 Å². The molecule has 1 unspecified atom stereocenters. The Bertz CT molecular complexity index is 264. The van der Waals surface area contributed by atoms with Crippen molar-refractivity contribution >= 4 is 0 Å². The highest BCUT2D eigenvalue weighted by Gasteiger charge is 2.25. The summed E-state index contributed by atoms with van der Waals surface area (Å²) in [4.78, 5) is 0. The lowest BCUT2D eigenvalue weighted by Crippen LogP contribution is -2.33. The SMILES string of the molecule is CCCNC(C)CC(C)(C)c1ccco1. The Kier molecular flexibility index (Phi) is 4.40. The lowest BCUT2D eigenvalue weighted by Gasteiger charge is -2.26. The maximum absolute atomic E-state index is 5.48. The van der Waals surface area contributed by atoms with Gasteiger partial charge in [0.1, 0.15) is 5.76 Å². The summed E-state index contributed by atoms with van der Waals surface area (Å²) < 4.78 is 5.48. The van der Waals surface area contributed by atoms with E-state index in [1.54, 1.807) is 6.26 Å². The highest BCUT2D eigenvalue weighted by atomic mass is 16.3. The van der Waals surface area contributed by atoms with Crippen molar-refractivity contribution in [2.75, 3.05) is 6.54 Å². The second-order valence-corrected chi connectivity index (χ2v) is 4.92. The highest BCUT2D eigenvalue weighted by Crippen LogP contribution is 2.28. The molecule has 1 N–H and O–H groups in total. The largest absolute Gasteiger partial charge is 0.469 e. The summed E-state index contributed by atoms with van der Waals surface area (Å²) in [6.07, 6.45) is 4.03. The van der Waals surface area contributed by atoms with E-state index in [9.17, 15) is 0 Å². The standard InChI is InChI=1S/C13H23NO/c1-5-8-14-11(2)10-13(3,4)12-7-6-9-15-12/h6-7,9,11,14H,5,8,10H2,1-4H3. The van der Waals surface area contributed by atoms with Gasteiger partial charge in [0.15, 0.2) is 0 Å². The van der Waals surface area contributed by atoms with Gasteiger partial charge < -0.3 is 9.73 Å². The zero-order chi connectivity index (χ0) is 11.3. The molecule has 1 aromatic heterocycles. The van der Waals surface area contributed by atoms with Crippen LogP contribution in [0.5, 0.6) is 0 Å². The van der Waals surface area contributed by atoms with Gasteiger partial charge in [-0.25, -0.2) is 0 Å². The summed E-state index contributed by atoms with van der Waals surface area (Å²) >= 11 is 0. The molecule has 1 aromatic rings. The van der Waals surface area contributed by atoms with Gasteiger partial charge in [0, 0.05) is 11.5 Å². The molecule has 1 rings (SSSR count). The van der Waals surface area contributed by atoms with Gasteiger partial charge in [-0.1, -0.05) is 20.8 Å². The maximum atomic E-state index is 5.48. The molecular formula is C13H23NO. The lowest BCUT2D eigenvalue weighted by molar-refractivity contribution is 0.325. The van der Waals surface area contributed by atoms with E-state index in [0.717, 1.165) is 18.7 Å². The minimum absolute atomic E-state index is 0.115. The van der Waals surface area contributed by atoms with E-state index in [4.69, 9.17) is 4.42 Å². The summed E-state index contributed by atoms with van der Waals surface area (Å²) in [5, 5.41) is 3.51. The van der Waals surface area contributed by atoms with Crippen LogP contribution in [0.1, 0.15) is 46.3 Å². The Morgan fingerprint density at radius 3 is 2.73 bits per heavy atom. The van der Waals surface area contributed by atoms with Gasteiger partial charge in [0.05, 0.1) is 6.26 Å². The van der Waals surface area contributed by atoms with Crippen LogP contribution in [0.25, 0.3) is 0 Å². The van der Waals surface area contributed by atoms with E-state index in [-0.39, 0.29) is 5.41 Å². The minimum Gasteiger partial charge on any atom is -0.469 e. The molecule has 0 bridgehead atoms. The van der Waals surface area contributed by atoms with Crippen molar-refractivity contribution in [2.45, 2.75) is 52.0 Å². The van der Waals surface area contributed by atoms with E-state index in [2.05, 4.69) is 39.1 Å². The van der Waals surface area contributed by atoms with Gasteiger partial charge in [-0.3, -0.25) is 0 Å². The van der Waals surface area contributed by atoms with Gasteiger partial charge in [-0.05, 0) is 38.4 Å². The van der Waals surface area contributed by atoms with Crippen LogP contribution in [-0.4, -0.2) is 12.6 Å². The average molecular weight is 209 g/mol. The summed E-state index contributed by atoms with van der Waals surface area (Å²) in [5.74, 6) is 1.08. The topological polar surface area (TPSA) is 25.2 Å². The summed E-state index contributed by atoms with van der Waals surface area (Å²) in [5.41, 5.74) is 0.115. The van der Waals surface area contributed by atoms with Crippen LogP contribution in [0.2, 0.25) is 0 Å². The molecule has 0 saturated carbocycles. The molecule has 0 saturated heterocycles. The van der Waals surface area contributed by atoms with E-state index >= 15 is 0 Å². The predicted octanol–water partition coefficient (Wildman–Crippen LogP) is 3.34. The Labute approximate surface area is 93.1 Å². The normalized spacial score (nSPS) is 14.1. The number of hydrogen-bond acceptors (Lipinski definition) is 2. The van der Waals surface area contributed by atoms with Crippen LogP contribution < -0.4 is 5.32 Å². The monoisotopic (exact) mass is 209 g/mol. The highest BCUT2D eigenvalue weighted by molar-refractivity contribution is 5.11. The van der Waals surface area contributed by atoms with Crippen molar-refractivity contribution in [1.82, 2.24) is 5.32 Å². The Hall–Kier alpha value is -0.760. The van der Waals surface area contributed by atoms with Crippen LogP contribution in [-0.2, 0) is 5.41 Å². The maximum Gasteiger partial charge on any atom is 0.109 e. The third kappa shape index (κ3) is 3.71. The van der Waals surface area contributed by atoms with Crippen molar-refractivity contribution in [3.8, 4) is 0 Å². The summed E-state index contributed by atoms with van der Waals surface area (Å²) in [7, 11) is 0. The van der Waals surface area contributed by atoms with Crippen LogP contribution in [0.3, 0.4) is 0 Å². The number of rotatable bonds is 6. The van der Waals surface area contributed by atoms with Crippen molar-refractivity contribution in [2.24, 2.45) is 0 Å². The molecule has 0 radical (unpaired) electrons. The fourth-order valence-electron chi connectivity index (χ4n) is 1.99. The second-order valence-electron chi connectivity index (χ2n) is 4.92. The third-order valence-electron chi connectivity index (χ3n) is 2.75. The molecule has 86 valence electrons. The van der Waals surface area contributed by atoms with E-state index in [1.165, 1.54) is 6.42 Å². The zero-order valence-electron chi connectivity index (χ0n) is 10.3. The Morgan fingerprint density at radius 1 is 1.47 bits per heavy atom. The number of nitrogens with one attached hydrogen (secondary N) is 1. The third-order valence-corrected chi connectivity index (χ3v) is 2.75. The molecular weight excluding hydrogens is 186 g/mol. The average Bonchev–Trinajstić information content (AvgIpc) is 2.67.